The largest absolute Gasteiger partial charge is 0.493 e. The molecule has 1 amide bonds. The maximum Gasteiger partial charge on any atom is 0.246 e. The number of rotatable bonds is 9. The average molecular weight is 369 g/mol. The average Bonchev–Trinajstić information content (AvgIpc) is 2.72. The van der Waals surface area contributed by atoms with Gasteiger partial charge in [0.2, 0.25) is 11.7 Å². The van der Waals surface area contributed by atoms with E-state index in [1.807, 2.05) is 42.2 Å². The lowest BCUT2D eigenvalue weighted by Crippen LogP contribution is -2.31. The predicted octanol–water partition coefficient (Wildman–Crippen LogP) is 3.82. The Morgan fingerprint density at radius 2 is 1.63 bits per heavy atom. The highest BCUT2D eigenvalue weighted by Crippen LogP contribution is 2.38. The fourth-order valence-corrected chi connectivity index (χ4v) is 2.80. The van der Waals surface area contributed by atoms with Crippen LogP contribution in [0.5, 0.6) is 17.2 Å². The van der Waals surface area contributed by atoms with Crippen LogP contribution in [0.1, 0.15) is 18.1 Å². The summed E-state index contributed by atoms with van der Waals surface area (Å²) in [5, 5.41) is 0. The van der Waals surface area contributed by atoms with E-state index in [2.05, 4.69) is 12.1 Å². The van der Waals surface area contributed by atoms with Crippen LogP contribution in [0.15, 0.2) is 48.5 Å². The zero-order chi connectivity index (χ0) is 19.6. The minimum atomic E-state index is -0.0258. The second-order valence-corrected chi connectivity index (χ2v) is 5.95. The van der Waals surface area contributed by atoms with E-state index in [0.29, 0.717) is 30.3 Å². The lowest BCUT2D eigenvalue weighted by molar-refractivity contribution is -0.125. The molecule has 0 atom stereocenters. The topological polar surface area (TPSA) is 48.0 Å². The van der Waals surface area contributed by atoms with Gasteiger partial charge in [0.25, 0.3) is 0 Å². The minimum Gasteiger partial charge on any atom is -0.493 e. The molecule has 0 radical (unpaired) electrons. The van der Waals surface area contributed by atoms with Crippen molar-refractivity contribution in [1.82, 2.24) is 4.90 Å². The molecule has 2 rings (SSSR count). The highest BCUT2D eigenvalue weighted by molar-refractivity contribution is 5.92. The number of carbonyl (C=O) groups excluding carboxylic acids is 1. The lowest BCUT2D eigenvalue weighted by atomic mass is 10.1. The van der Waals surface area contributed by atoms with Crippen molar-refractivity contribution >= 4 is 12.0 Å². The van der Waals surface area contributed by atoms with Crippen LogP contribution < -0.4 is 14.2 Å². The van der Waals surface area contributed by atoms with E-state index in [4.69, 9.17) is 14.2 Å². The number of nitrogens with zero attached hydrogens (tertiary/aromatic N) is 1. The maximum absolute atomic E-state index is 12.6. The summed E-state index contributed by atoms with van der Waals surface area (Å²) >= 11 is 0. The van der Waals surface area contributed by atoms with E-state index >= 15 is 0 Å². The van der Waals surface area contributed by atoms with Crippen LogP contribution in [0.25, 0.3) is 6.08 Å². The van der Waals surface area contributed by atoms with Gasteiger partial charge in [0.1, 0.15) is 0 Å². The summed E-state index contributed by atoms with van der Waals surface area (Å²) in [6, 6.07) is 13.8. The van der Waals surface area contributed by atoms with Crippen LogP contribution in [-0.2, 0) is 11.2 Å². The molecule has 0 saturated carbocycles. The van der Waals surface area contributed by atoms with E-state index in [9.17, 15) is 4.79 Å². The lowest BCUT2D eigenvalue weighted by Gasteiger charge is -2.19. The molecule has 2 aromatic rings. The molecular weight excluding hydrogens is 342 g/mol. The smallest absolute Gasteiger partial charge is 0.246 e. The van der Waals surface area contributed by atoms with Gasteiger partial charge in [0, 0.05) is 19.2 Å². The molecular formula is C22H27NO4. The number of amides is 1. The Kier molecular flexibility index (Phi) is 7.74. The number of hydrogen-bond donors (Lipinski definition) is 0. The molecule has 144 valence electrons. The molecule has 0 N–H and O–H groups in total. The fourth-order valence-electron chi connectivity index (χ4n) is 2.80. The van der Waals surface area contributed by atoms with Crippen molar-refractivity contribution in [2.24, 2.45) is 0 Å². The molecule has 5 heteroatoms. The fraction of sp³-hybridized carbons (Fsp3) is 0.318. The second kappa shape index (κ2) is 10.3. The molecule has 5 nitrogen and oxygen atoms in total. The van der Waals surface area contributed by atoms with Gasteiger partial charge in [0.05, 0.1) is 21.3 Å². The molecule has 0 aliphatic carbocycles. The van der Waals surface area contributed by atoms with Crippen molar-refractivity contribution in [1.29, 1.82) is 0 Å². The van der Waals surface area contributed by atoms with Crippen molar-refractivity contribution in [3.63, 3.8) is 0 Å². The van der Waals surface area contributed by atoms with Gasteiger partial charge >= 0.3 is 0 Å². The molecule has 0 saturated heterocycles. The Bertz CT molecular complexity index is 746. The van der Waals surface area contributed by atoms with Gasteiger partial charge in [-0.2, -0.15) is 0 Å². The Morgan fingerprint density at radius 3 is 2.15 bits per heavy atom. The number of methoxy groups -OCH3 is 3. The number of ether oxygens (including phenoxy) is 3. The predicted molar refractivity (Wildman–Crippen MR) is 108 cm³/mol. The summed E-state index contributed by atoms with van der Waals surface area (Å²) in [5.74, 6) is 1.62. The zero-order valence-corrected chi connectivity index (χ0v) is 16.4. The third-order valence-electron chi connectivity index (χ3n) is 4.31. The number of likely N-dealkylation sites (N-methyl/N-ethyl adjacent to an activating group) is 1. The van der Waals surface area contributed by atoms with E-state index in [1.54, 1.807) is 33.5 Å². The Labute approximate surface area is 161 Å². The van der Waals surface area contributed by atoms with Gasteiger partial charge < -0.3 is 19.1 Å². The first-order chi connectivity index (χ1) is 13.1. The van der Waals surface area contributed by atoms with E-state index in [0.717, 1.165) is 12.0 Å². The van der Waals surface area contributed by atoms with Gasteiger partial charge in [-0.1, -0.05) is 30.3 Å². The summed E-state index contributed by atoms with van der Waals surface area (Å²) in [6.45, 7) is 3.32. The monoisotopic (exact) mass is 369 g/mol. The van der Waals surface area contributed by atoms with E-state index in [-0.39, 0.29) is 5.91 Å². The normalized spacial score (nSPS) is 10.7. The molecule has 0 aliphatic heterocycles. The quantitative estimate of drug-likeness (QED) is 0.631. The summed E-state index contributed by atoms with van der Waals surface area (Å²) in [6.07, 6.45) is 4.17. The molecule has 0 fully saturated rings. The van der Waals surface area contributed by atoms with E-state index in [1.165, 1.54) is 5.56 Å². The molecule has 0 spiro atoms. The van der Waals surface area contributed by atoms with Crippen LogP contribution >= 0.6 is 0 Å². The maximum atomic E-state index is 12.6. The van der Waals surface area contributed by atoms with Crippen LogP contribution in [-0.4, -0.2) is 45.2 Å². The third-order valence-corrected chi connectivity index (χ3v) is 4.31. The number of benzene rings is 2. The Morgan fingerprint density at radius 1 is 1.00 bits per heavy atom. The highest BCUT2D eigenvalue weighted by Gasteiger charge is 2.13. The second-order valence-electron chi connectivity index (χ2n) is 5.95. The highest BCUT2D eigenvalue weighted by atomic mass is 16.5. The molecule has 0 bridgehead atoms. The van der Waals surface area contributed by atoms with Gasteiger partial charge in [-0.15, -0.1) is 0 Å². The van der Waals surface area contributed by atoms with Crippen LogP contribution in [0.3, 0.4) is 0 Å². The first kappa shape index (κ1) is 20.4. The van der Waals surface area contributed by atoms with Crippen molar-refractivity contribution in [3.8, 4) is 17.2 Å². The van der Waals surface area contributed by atoms with Crippen LogP contribution in [0.2, 0.25) is 0 Å². The molecule has 2 aromatic carbocycles. The third kappa shape index (κ3) is 5.51. The van der Waals surface area contributed by atoms with Crippen LogP contribution in [0, 0.1) is 0 Å². The molecule has 0 aromatic heterocycles. The number of carbonyl (C=O) groups is 1. The van der Waals surface area contributed by atoms with Gasteiger partial charge in [0.15, 0.2) is 11.5 Å². The first-order valence-electron chi connectivity index (χ1n) is 8.93. The zero-order valence-electron chi connectivity index (χ0n) is 16.4. The van der Waals surface area contributed by atoms with E-state index < -0.39 is 0 Å². The van der Waals surface area contributed by atoms with Crippen molar-refractivity contribution < 1.29 is 19.0 Å². The van der Waals surface area contributed by atoms with Crippen molar-refractivity contribution in [2.75, 3.05) is 34.4 Å². The Hall–Kier alpha value is -2.95. The SMILES string of the molecule is CCN(CCc1ccccc1)C(=O)/C=C/c1cc(OC)c(OC)c(OC)c1. The summed E-state index contributed by atoms with van der Waals surface area (Å²) in [4.78, 5) is 14.4. The molecule has 27 heavy (non-hydrogen) atoms. The van der Waals surface area contributed by atoms with Gasteiger partial charge in [-0.25, -0.2) is 0 Å². The van der Waals surface area contributed by atoms with Crippen LogP contribution in [0.4, 0.5) is 0 Å². The van der Waals surface area contributed by atoms with Crippen molar-refractivity contribution in [2.45, 2.75) is 13.3 Å². The Balaban J connectivity index is 2.09. The minimum absolute atomic E-state index is 0.0258. The van der Waals surface area contributed by atoms with Gasteiger partial charge in [-0.3, -0.25) is 4.79 Å². The number of hydrogen-bond acceptors (Lipinski definition) is 4. The molecule has 0 unspecified atom stereocenters. The first-order valence-corrected chi connectivity index (χ1v) is 8.93. The summed E-state index contributed by atoms with van der Waals surface area (Å²) in [5.41, 5.74) is 2.02. The summed E-state index contributed by atoms with van der Waals surface area (Å²) < 4.78 is 16.0. The summed E-state index contributed by atoms with van der Waals surface area (Å²) in [7, 11) is 4.70. The van der Waals surface area contributed by atoms with Gasteiger partial charge in [-0.05, 0) is 42.7 Å². The molecule has 0 heterocycles. The molecule has 0 aliphatic rings. The van der Waals surface area contributed by atoms with Crippen molar-refractivity contribution in [3.05, 3.63) is 59.7 Å². The standard InChI is InChI=1S/C22H27NO4/c1-5-23(14-13-17-9-7-6-8-10-17)21(24)12-11-18-15-19(25-2)22(27-4)20(16-18)26-3/h6-12,15-16H,5,13-14H2,1-4H3/b12-11+.